The van der Waals surface area contributed by atoms with Crippen molar-refractivity contribution in [3.8, 4) is 33.8 Å². The Hall–Kier alpha value is -3.81. The highest BCUT2D eigenvalue weighted by Crippen LogP contribution is 2.65. The van der Waals surface area contributed by atoms with Gasteiger partial charge in [-0.05, 0) is 57.1 Å². The number of para-hydroxylation sites is 1. The van der Waals surface area contributed by atoms with Crippen LogP contribution in [0.1, 0.15) is 47.2 Å². The molecule has 8 rings (SSSR count). The minimum absolute atomic E-state index is 0.244. The van der Waals surface area contributed by atoms with Crippen molar-refractivity contribution in [1.82, 2.24) is 0 Å². The van der Waals surface area contributed by atoms with Crippen molar-refractivity contribution >= 4 is 11.6 Å². The molecule has 0 aromatic heterocycles. The van der Waals surface area contributed by atoms with E-state index in [2.05, 4.69) is 111 Å². The van der Waals surface area contributed by atoms with E-state index in [9.17, 15) is 0 Å². The molecular formula is C34H23ClO. The predicted molar refractivity (Wildman–Crippen MR) is 146 cm³/mol. The van der Waals surface area contributed by atoms with E-state index in [0.29, 0.717) is 0 Å². The highest BCUT2D eigenvalue weighted by molar-refractivity contribution is 6.30. The van der Waals surface area contributed by atoms with Crippen LogP contribution >= 0.6 is 11.6 Å². The lowest BCUT2D eigenvalue weighted by atomic mass is 9.65. The zero-order chi connectivity index (χ0) is 24.2. The summed E-state index contributed by atoms with van der Waals surface area (Å²) in [7, 11) is 0. The van der Waals surface area contributed by atoms with Gasteiger partial charge < -0.3 is 4.74 Å². The summed E-state index contributed by atoms with van der Waals surface area (Å²) < 4.78 is 6.90. The number of halogens is 1. The van der Waals surface area contributed by atoms with E-state index < -0.39 is 5.41 Å². The zero-order valence-corrected chi connectivity index (χ0v) is 20.9. The number of hydrogen-bond acceptors (Lipinski definition) is 1. The van der Waals surface area contributed by atoms with Gasteiger partial charge in [0.05, 0.1) is 5.41 Å². The van der Waals surface area contributed by atoms with Gasteiger partial charge in [0.15, 0.2) is 0 Å². The third-order valence-electron chi connectivity index (χ3n) is 8.59. The monoisotopic (exact) mass is 482 g/mol. The second kappa shape index (κ2) is 6.69. The average Bonchev–Trinajstić information content (AvgIpc) is 3.31. The van der Waals surface area contributed by atoms with Crippen LogP contribution in [0.3, 0.4) is 0 Å². The second-order valence-electron chi connectivity index (χ2n) is 10.6. The van der Waals surface area contributed by atoms with Crippen LogP contribution in [0.5, 0.6) is 11.5 Å². The third kappa shape index (κ3) is 2.24. The second-order valence-corrected chi connectivity index (χ2v) is 11.1. The van der Waals surface area contributed by atoms with Crippen molar-refractivity contribution in [2.24, 2.45) is 0 Å². The van der Waals surface area contributed by atoms with Crippen molar-refractivity contribution in [2.45, 2.75) is 24.7 Å². The Morgan fingerprint density at radius 3 is 1.86 bits per heavy atom. The summed E-state index contributed by atoms with van der Waals surface area (Å²) in [5.74, 6) is 1.91. The number of fused-ring (bicyclic) bond motifs is 13. The van der Waals surface area contributed by atoms with E-state index >= 15 is 0 Å². The van der Waals surface area contributed by atoms with E-state index in [0.717, 1.165) is 16.5 Å². The SMILES string of the molecule is CC1(C)c2cc(Cl)ccc2-c2ccc3c(c21)Oc1ccccc1C31c2ccccc2-c2ccccc21. The molecule has 0 unspecified atom stereocenters. The van der Waals surface area contributed by atoms with E-state index in [1.54, 1.807) is 0 Å². The first kappa shape index (κ1) is 20.4. The molecule has 3 aliphatic rings. The Balaban J connectivity index is 1.54. The topological polar surface area (TPSA) is 9.23 Å². The summed E-state index contributed by atoms with van der Waals surface area (Å²) in [5, 5.41) is 0.768. The van der Waals surface area contributed by atoms with Crippen LogP contribution in [-0.4, -0.2) is 0 Å². The first-order chi connectivity index (χ1) is 17.5. The first-order valence-corrected chi connectivity index (χ1v) is 12.9. The molecule has 1 nitrogen and oxygen atoms in total. The molecule has 36 heavy (non-hydrogen) atoms. The lowest BCUT2D eigenvalue weighted by Gasteiger charge is -2.41. The average molecular weight is 483 g/mol. The van der Waals surface area contributed by atoms with Gasteiger partial charge in [0, 0.05) is 27.1 Å². The molecule has 172 valence electrons. The van der Waals surface area contributed by atoms with Crippen LogP contribution in [0.4, 0.5) is 0 Å². The molecule has 1 spiro atoms. The van der Waals surface area contributed by atoms with Crippen LogP contribution in [-0.2, 0) is 10.8 Å². The van der Waals surface area contributed by atoms with E-state index in [1.165, 1.54) is 55.6 Å². The molecular weight excluding hydrogens is 460 g/mol. The lowest BCUT2D eigenvalue weighted by molar-refractivity contribution is 0.422. The van der Waals surface area contributed by atoms with Crippen molar-refractivity contribution in [1.29, 1.82) is 0 Å². The molecule has 5 aromatic rings. The maximum atomic E-state index is 6.90. The minimum Gasteiger partial charge on any atom is -0.456 e. The number of benzene rings is 5. The van der Waals surface area contributed by atoms with Crippen molar-refractivity contribution in [3.63, 3.8) is 0 Å². The van der Waals surface area contributed by atoms with E-state index in [4.69, 9.17) is 16.3 Å². The summed E-state index contributed by atoms with van der Waals surface area (Å²) in [6, 6.07) is 37.2. The van der Waals surface area contributed by atoms with Crippen LogP contribution in [0, 0.1) is 0 Å². The molecule has 2 heteroatoms. The third-order valence-corrected chi connectivity index (χ3v) is 8.82. The molecule has 2 aliphatic carbocycles. The molecule has 1 aliphatic heterocycles. The quantitative estimate of drug-likeness (QED) is 0.209. The molecule has 0 radical (unpaired) electrons. The molecule has 1 heterocycles. The van der Waals surface area contributed by atoms with Crippen molar-refractivity contribution in [3.05, 3.63) is 142 Å². The smallest absolute Gasteiger partial charge is 0.136 e. The number of ether oxygens (including phenoxy) is 1. The van der Waals surface area contributed by atoms with Gasteiger partial charge in [0.25, 0.3) is 0 Å². The highest BCUT2D eigenvalue weighted by Gasteiger charge is 2.53. The van der Waals surface area contributed by atoms with Crippen LogP contribution in [0.2, 0.25) is 5.02 Å². The Morgan fingerprint density at radius 2 is 1.14 bits per heavy atom. The molecule has 0 atom stereocenters. The number of rotatable bonds is 0. The van der Waals surface area contributed by atoms with Gasteiger partial charge in [-0.15, -0.1) is 0 Å². The Labute approximate surface area is 216 Å². The largest absolute Gasteiger partial charge is 0.456 e. The first-order valence-electron chi connectivity index (χ1n) is 12.5. The lowest BCUT2D eigenvalue weighted by Crippen LogP contribution is -2.33. The van der Waals surface area contributed by atoms with Crippen LogP contribution < -0.4 is 4.74 Å². The molecule has 0 saturated carbocycles. The Kier molecular flexibility index (Phi) is 3.79. The fourth-order valence-electron chi connectivity index (χ4n) is 7.17. The van der Waals surface area contributed by atoms with Gasteiger partial charge in [-0.1, -0.05) is 110 Å². The van der Waals surface area contributed by atoms with E-state index in [-0.39, 0.29) is 5.41 Å². The van der Waals surface area contributed by atoms with Crippen LogP contribution in [0.25, 0.3) is 22.3 Å². The highest BCUT2D eigenvalue weighted by atomic mass is 35.5. The molecule has 0 saturated heterocycles. The fourth-order valence-corrected chi connectivity index (χ4v) is 7.34. The van der Waals surface area contributed by atoms with Gasteiger partial charge in [-0.3, -0.25) is 0 Å². The maximum absolute atomic E-state index is 6.90. The molecule has 0 bridgehead atoms. The Morgan fingerprint density at radius 1 is 0.556 bits per heavy atom. The minimum atomic E-state index is -0.436. The molecule has 0 fully saturated rings. The normalized spacial score (nSPS) is 16.3. The zero-order valence-electron chi connectivity index (χ0n) is 20.1. The maximum Gasteiger partial charge on any atom is 0.136 e. The molecule has 0 N–H and O–H groups in total. The fraction of sp³-hybridized carbons (Fsp3) is 0.118. The summed E-state index contributed by atoms with van der Waals surface area (Å²) in [5.41, 5.74) is 11.9. The summed E-state index contributed by atoms with van der Waals surface area (Å²) in [4.78, 5) is 0. The van der Waals surface area contributed by atoms with Gasteiger partial charge >= 0.3 is 0 Å². The van der Waals surface area contributed by atoms with E-state index in [1.807, 2.05) is 6.07 Å². The number of hydrogen-bond donors (Lipinski definition) is 0. The molecule has 5 aromatic carbocycles. The molecule has 0 amide bonds. The van der Waals surface area contributed by atoms with Crippen molar-refractivity contribution in [2.75, 3.05) is 0 Å². The van der Waals surface area contributed by atoms with Gasteiger partial charge in [-0.2, -0.15) is 0 Å². The summed E-state index contributed by atoms with van der Waals surface area (Å²) >= 11 is 6.48. The van der Waals surface area contributed by atoms with Crippen molar-refractivity contribution < 1.29 is 4.74 Å². The summed E-state index contributed by atoms with van der Waals surface area (Å²) in [6.45, 7) is 4.59. The van der Waals surface area contributed by atoms with Gasteiger partial charge in [0.2, 0.25) is 0 Å². The van der Waals surface area contributed by atoms with Gasteiger partial charge in [0.1, 0.15) is 11.5 Å². The summed E-state index contributed by atoms with van der Waals surface area (Å²) in [6.07, 6.45) is 0. The standard InChI is InChI=1S/C34H23ClO/c1-33(2)29-19-20(35)15-16-23(29)24-17-18-28-32(31(24)33)36-30-14-8-7-13-27(30)34(28)25-11-5-3-9-21(25)22-10-4-6-12-26(22)34/h3-19H,1-2H3. The van der Waals surface area contributed by atoms with Crippen LogP contribution in [0.15, 0.2) is 103 Å². The van der Waals surface area contributed by atoms with Gasteiger partial charge in [-0.25, -0.2) is 0 Å². The predicted octanol–water partition coefficient (Wildman–Crippen LogP) is 9.12. The Bertz CT molecular complexity index is 1710.